The molecule has 5 nitrogen and oxygen atoms in total. The number of furan rings is 1. The highest BCUT2D eigenvalue weighted by Crippen LogP contribution is 2.42. The maximum absolute atomic E-state index is 6.57. The molecule has 0 saturated heterocycles. The Kier molecular flexibility index (Phi) is 7.64. The number of aromatic nitrogens is 4. The van der Waals surface area contributed by atoms with Crippen molar-refractivity contribution in [1.29, 1.82) is 0 Å². The van der Waals surface area contributed by atoms with E-state index in [2.05, 4.69) is 127 Å². The van der Waals surface area contributed by atoms with Crippen molar-refractivity contribution in [2.45, 2.75) is 6.92 Å². The van der Waals surface area contributed by atoms with Gasteiger partial charge in [0.05, 0.1) is 16.7 Å². The Balaban J connectivity index is 1.23. The number of hydrogen-bond donors (Lipinski definition) is 0. The van der Waals surface area contributed by atoms with E-state index in [1.54, 1.807) is 0 Å². The number of nitrogens with zero attached hydrogens (tertiary/aromatic N) is 4. The Morgan fingerprint density at radius 3 is 1.75 bits per heavy atom. The van der Waals surface area contributed by atoms with Crippen molar-refractivity contribution in [3.05, 3.63) is 194 Å². The number of aryl methyl sites for hydroxylation is 1. The van der Waals surface area contributed by atoms with Crippen LogP contribution in [0.15, 0.2) is 192 Å². The molecule has 0 N–H and O–H groups in total. The summed E-state index contributed by atoms with van der Waals surface area (Å²) in [7, 11) is 0. The Hall–Kier alpha value is -7.63. The van der Waals surface area contributed by atoms with Crippen LogP contribution >= 0.6 is 0 Å². The topological polar surface area (TPSA) is 56.7 Å². The van der Waals surface area contributed by atoms with E-state index in [1.165, 1.54) is 21.9 Å². The SMILES string of the molecule is Cc1cccc(-c2ccc3c4ccccc4n(-c4ccc(-c5cccc6c5oc5ccccc56)cc4-c4nc(-c5ccccc5)nc(-c5ccccc5)n4)c3c2)c1. The molecule has 0 amide bonds. The van der Waals surface area contributed by atoms with Crippen molar-refractivity contribution in [2.75, 3.05) is 0 Å². The summed E-state index contributed by atoms with van der Waals surface area (Å²) in [5, 5.41) is 4.53. The number of benzene rings is 8. The van der Waals surface area contributed by atoms with Crippen LogP contribution in [-0.4, -0.2) is 19.5 Å². The summed E-state index contributed by atoms with van der Waals surface area (Å²) in [4.78, 5) is 15.6. The van der Waals surface area contributed by atoms with E-state index in [-0.39, 0.29) is 0 Å². The van der Waals surface area contributed by atoms with Crippen LogP contribution in [0.3, 0.4) is 0 Å². The van der Waals surface area contributed by atoms with Crippen molar-refractivity contribution < 1.29 is 4.42 Å². The van der Waals surface area contributed by atoms with Crippen LogP contribution in [0.4, 0.5) is 0 Å². The van der Waals surface area contributed by atoms with Gasteiger partial charge >= 0.3 is 0 Å². The van der Waals surface area contributed by atoms with Crippen molar-refractivity contribution in [3.63, 3.8) is 0 Å². The number of fused-ring (bicyclic) bond motifs is 6. The summed E-state index contributed by atoms with van der Waals surface area (Å²) in [5.41, 5.74) is 13.2. The van der Waals surface area contributed by atoms with Crippen LogP contribution in [-0.2, 0) is 0 Å². The third-order valence-corrected chi connectivity index (χ3v) is 10.9. The van der Waals surface area contributed by atoms with Crippen molar-refractivity contribution in [3.8, 4) is 62.1 Å². The van der Waals surface area contributed by atoms with Crippen LogP contribution in [0.25, 0.3) is 106 Å². The molecule has 11 rings (SSSR count). The molecule has 5 heteroatoms. The first-order valence-electron chi connectivity index (χ1n) is 19.2. The van der Waals surface area contributed by atoms with Crippen molar-refractivity contribution >= 4 is 43.7 Å². The zero-order valence-electron chi connectivity index (χ0n) is 31.1. The predicted molar refractivity (Wildman–Crippen MR) is 233 cm³/mol. The molecule has 57 heavy (non-hydrogen) atoms. The summed E-state index contributed by atoms with van der Waals surface area (Å²) in [6.45, 7) is 2.14. The molecule has 11 aromatic rings. The van der Waals surface area contributed by atoms with E-state index in [4.69, 9.17) is 19.4 Å². The third kappa shape index (κ3) is 5.59. The Morgan fingerprint density at radius 1 is 0.386 bits per heavy atom. The van der Waals surface area contributed by atoms with Gasteiger partial charge in [-0.1, -0.05) is 163 Å². The van der Waals surface area contributed by atoms with Crippen LogP contribution in [0.5, 0.6) is 0 Å². The Bertz CT molecular complexity index is 3250. The summed E-state index contributed by atoms with van der Waals surface area (Å²) in [6, 6.07) is 65.7. The minimum absolute atomic E-state index is 0.581. The fourth-order valence-electron chi connectivity index (χ4n) is 8.22. The largest absolute Gasteiger partial charge is 0.455 e. The van der Waals surface area contributed by atoms with E-state index in [1.807, 2.05) is 72.8 Å². The maximum atomic E-state index is 6.57. The standard InChI is InChI=1S/C52H34N4O/c1-33-14-12-19-36(30-33)37-26-28-41-40-20-8-10-24-45(40)56(47(41)32-37)46-29-27-38(39-22-13-23-43-42-21-9-11-25-48(42)57-49(39)43)31-44(46)52-54-50(34-15-4-2-5-16-34)53-51(55-52)35-17-6-3-7-18-35/h2-32H,1H3. The zero-order valence-corrected chi connectivity index (χ0v) is 31.1. The maximum Gasteiger partial charge on any atom is 0.166 e. The van der Waals surface area contributed by atoms with Gasteiger partial charge in [-0.3, -0.25) is 0 Å². The molecule has 0 saturated carbocycles. The predicted octanol–water partition coefficient (Wildman–Crippen LogP) is 13.5. The molecule has 8 aromatic carbocycles. The van der Waals surface area contributed by atoms with Crippen LogP contribution < -0.4 is 0 Å². The molecular formula is C52H34N4O. The molecule has 0 spiro atoms. The minimum Gasteiger partial charge on any atom is -0.455 e. The highest BCUT2D eigenvalue weighted by atomic mass is 16.3. The first-order valence-corrected chi connectivity index (χ1v) is 19.2. The lowest BCUT2D eigenvalue weighted by Crippen LogP contribution is -2.04. The second kappa shape index (κ2) is 13.3. The lowest BCUT2D eigenvalue weighted by molar-refractivity contribution is 0.670. The first-order chi connectivity index (χ1) is 28.2. The van der Waals surface area contributed by atoms with Gasteiger partial charge in [0.1, 0.15) is 11.2 Å². The smallest absolute Gasteiger partial charge is 0.166 e. The van der Waals surface area contributed by atoms with Crippen molar-refractivity contribution in [1.82, 2.24) is 19.5 Å². The van der Waals surface area contributed by atoms with Gasteiger partial charge in [-0.2, -0.15) is 0 Å². The van der Waals surface area contributed by atoms with Gasteiger partial charge in [-0.15, -0.1) is 0 Å². The number of rotatable bonds is 6. The summed E-state index contributed by atoms with van der Waals surface area (Å²) >= 11 is 0. The van der Waals surface area contributed by atoms with Gasteiger partial charge in [0.15, 0.2) is 17.5 Å². The second-order valence-electron chi connectivity index (χ2n) is 14.5. The number of hydrogen-bond acceptors (Lipinski definition) is 4. The molecular weight excluding hydrogens is 697 g/mol. The number of para-hydroxylation sites is 3. The molecule has 0 aliphatic heterocycles. The van der Waals surface area contributed by atoms with Gasteiger partial charge in [-0.05, 0) is 53.9 Å². The van der Waals surface area contributed by atoms with Gasteiger partial charge in [-0.25, -0.2) is 15.0 Å². The molecule has 0 bridgehead atoms. The first kappa shape index (κ1) is 32.8. The van der Waals surface area contributed by atoms with E-state index in [9.17, 15) is 0 Å². The van der Waals surface area contributed by atoms with E-state index < -0.39 is 0 Å². The average molecular weight is 731 g/mol. The lowest BCUT2D eigenvalue weighted by Gasteiger charge is -2.17. The molecule has 0 fully saturated rings. The quantitative estimate of drug-likeness (QED) is 0.171. The Labute approximate surface area is 329 Å². The van der Waals surface area contributed by atoms with Crippen LogP contribution in [0, 0.1) is 6.92 Å². The highest BCUT2D eigenvalue weighted by Gasteiger charge is 2.22. The molecule has 0 aliphatic carbocycles. The summed E-state index contributed by atoms with van der Waals surface area (Å²) in [6.07, 6.45) is 0. The molecule has 0 aliphatic rings. The molecule has 3 aromatic heterocycles. The fraction of sp³-hybridized carbons (Fsp3) is 0.0192. The van der Waals surface area contributed by atoms with Crippen molar-refractivity contribution in [2.24, 2.45) is 0 Å². The third-order valence-electron chi connectivity index (χ3n) is 10.9. The monoisotopic (exact) mass is 730 g/mol. The fourth-order valence-corrected chi connectivity index (χ4v) is 8.22. The minimum atomic E-state index is 0.581. The highest BCUT2D eigenvalue weighted by molar-refractivity contribution is 6.12. The van der Waals surface area contributed by atoms with Crippen LogP contribution in [0.1, 0.15) is 5.56 Å². The van der Waals surface area contributed by atoms with E-state index in [0.717, 1.165) is 72.0 Å². The summed E-state index contributed by atoms with van der Waals surface area (Å²) < 4.78 is 8.95. The molecule has 268 valence electrons. The summed E-state index contributed by atoms with van der Waals surface area (Å²) in [5.74, 6) is 1.80. The molecule has 3 heterocycles. The average Bonchev–Trinajstić information content (AvgIpc) is 3.82. The Morgan fingerprint density at radius 2 is 0.982 bits per heavy atom. The van der Waals surface area contributed by atoms with Gasteiger partial charge in [0.25, 0.3) is 0 Å². The van der Waals surface area contributed by atoms with Gasteiger partial charge in [0, 0.05) is 43.8 Å². The van der Waals surface area contributed by atoms with Crippen LogP contribution in [0.2, 0.25) is 0 Å². The van der Waals surface area contributed by atoms with Gasteiger partial charge < -0.3 is 8.98 Å². The molecule has 0 atom stereocenters. The van der Waals surface area contributed by atoms with E-state index in [0.29, 0.717) is 17.5 Å². The van der Waals surface area contributed by atoms with E-state index >= 15 is 0 Å². The zero-order chi connectivity index (χ0) is 37.9. The normalized spacial score (nSPS) is 11.6. The lowest BCUT2D eigenvalue weighted by atomic mass is 9.98. The molecule has 0 unspecified atom stereocenters. The second-order valence-corrected chi connectivity index (χ2v) is 14.5. The van der Waals surface area contributed by atoms with Gasteiger partial charge in [0.2, 0.25) is 0 Å². The molecule has 0 radical (unpaired) electrons.